The lowest BCUT2D eigenvalue weighted by Crippen LogP contribution is -2.41. The molecule has 0 bridgehead atoms. The fourth-order valence-corrected chi connectivity index (χ4v) is 2.32. The molecule has 94 valence electrons. The van der Waals surface area contributed by atoms with Gasteiger partial charge in [0.25, 0.3) is 5.91 Å². The van der Waals surface area contributed by atoms with Crippen LogP contribution in [-0.2, 0) is 0 Å². The van der Waals surface area contributed by atoms with Crippen LogP contribution in [-0.4, -0.2) is 59.1 Å². The molecule has 0 spiro atoms. The maximum atomic E-state index is 12.3. The smallest absolute Gasteiger partial charge is 0.274 e. The molecule has 2 rings (SSSR count). The summed E-state index contributed by atoms with van der Waals surface area (Å²) < 4.78 is 0. The Morgan fingerprint density at radius 2 is 2.47 bits per heavy atom. The molecule has 1 unspecified atom stereocenters. The summed E-state index contributed by atoms with van der Waals surface area (Å²) in [6, 6.07) is 0.278. The van der Waals surface area contributed by atoms with Crippen LogP contribution in [0.1, 0.15) is 23.3 Å². The molecular formula is C11H19N5O. The molecule has 3 N–H and O–H groups in total. The van der Waals surface area contributed by atoms with Gasteiger partial charge in [0.15, 0.2) is 0 Å². The van der Waals surface area contributed by atoms with Crippen LogP contribution in [0.4, 0.5) is 5.69 Å². The first-order valence-electron chi connectivity index (χ1n) is 5.84. The fraction of sp³-hybridized carbons (Fsp3) is 0.636. The van der Waals surface area contributed by atoms with Crippen LogP contribution in [0.3, 0.4) is 0 Å². The van der Waals surface area contributed by atoms with E-state index in [0.29, 0.717) is 11.4 Å². The number of hydrogen-bond donors (Lipinski definition) is 2. The monoisotopic (exact) mass is 237 g/mol. The van der Waals surface area contributed by atoms with Gasteiger partial charge in [-0.25, -0.2) is 0 Å². The van der Waals surface area contributed by atoms with E-state index in [9.17, 15) is 4.79 Å². The van der Waals surface area contributed by atoms with E-state index in [-0.39, 0.29) is 11.9 Å². The van der Waals surface area contributed by atoms with Gasteiger partial charge in [0.1, 0.15) is 5.69 Å². The molecule has 6 nitrogen and oxygen atoms in total. The summed E-state index contributed by atoms with van der Waals surface area (Å²) >= 11 is 0. The minimum atomic E-state index is -0.0376. The first-order valence-corrected chi connectivity index (χ1v) is 5.84. The summed E-state index contributed by atoms with van der Waals surface area (Å²) in [4.78, 5) is 16.3. The third-order valence-electron chi connectivity index (χ3n) is 3.10. The quantitative estimate of drug-likeness (QED) is 0.785. The Morgan fingerprint density at radius 1 is 1.71 bits per heavy atom. The molecule has 1 aliphatic rings. The standard InChI is InChI=1S/C11H19N5O/c1-15(2)7-8-4-3-5-16(8)11(17)10-9(12)6-13-14-10/h6,8H,3-5,7,12H2,1-2H3,(H,13,14). The lowest BCUT2D eigenvalue weighted by Gasteiger charge is -2.26. The molecule has 0 radical (unpaired) electrons. The predicted octanol–water partition coefficient (Wildman–Crippen LogP) is 0.158. The van der Waals surface area contributed by atoms with Gasteiger partial charge in [-0.1, -0.05) is 0 Å². The Bertz CT molecular complexity index is 400. The highest BCUT2D eigenvalue weighted by molar-refractivity contribution is 5.97. The second-order valence-electron chi connectivity index (χ2n) is 4.76. The van der Waals surface area contributed by atoms with Gasteiger partial charge in [-0.15, -0.1) is 0 Å². The molecule has 6 heteroatoms. The van der Waals surface area contributed by atoms with Crippen molar-refractivity contribution in [2.24, 2.45) is 0 Å². The molecule has 0 aliphatic carbocycles. The maximum Gasteiger partial charge on any atom is 0.274 e. The first-order chi connectivity index (χ1) is 8.09. The fourth-order valence-electron chi connectivity index (χ4n) is 2.32. The van der Waals surface area contributed by atoms with Gasteiger partial charge >= 0.3 is 0 Å². The van der Waals surface area contributed by atoms with Crippen LogP contribution in [0.2, 0.25) is 0 Å². The Balaban J connectivity index is 2.11. The van der Waals surface area contributed by atoms with E-state index in [4.69, 9.17) is 5.73 Å². The van der Waals surface area contributed by atoms with Crippen LogP contribution in [0.25, 0.3) is 0 Å². The highest BCUT2D eigenvalue weighted by atomic mass is 16.2. The van der Waals surface area contributed by atoms with Crippen molar-refractivity contribution in [3.05, 3.63) is 11.9 Å². The van der Waals surface area contributed by atoms with Gasteiger partial charge < -0.3 is 15.5 Å². The van der Waals surface area contributed by atoms with E-state index in [1.54, 1.807) is 0 Å². The van der Waals surface area contributed by atoms with Crippen molar-refractivity contribution in [3.63, 3.8) is 0 Å². The minimum absolute atomic E-state index is 0.0376. The zero-order valence-corrected chi connectivity index (χ0v) is 10.3. The first kappa shape index (κ1) is 11.9. The molecular weight excluding hydrogens is 218 g/mol. The van der Waals surface area contributed by atoms with Crippen molar-refractivity contribution in [2.45, 2.75) is 18.9 Å². The molecule has 1 aliphatic heterocycles. The lowest BCUT2D eigenvalue weighted by molar-refractivity contribution is 0.0711. The van der Waals surface area contributed by atoms with Crippen LogP contribution in [0.5, 0.6) is 0 Å². The minimum Gasteiger partial charge on any atom is -0.396 e. The van der Waals surface area contributed by atoms with E-state index in [1.165, 1.54) is 6.20 Å². The van der Waals surface area contributed by atoms with Gasteiger partial charge in [0.05, 0.1) is 11.9 Å². The average molecular weight is 237 g/mol. The Labute approximate surface area is 101 Å². The molecule has 1 atom stereocenters. The molecule has 17 heavy (non-hydrogen) atoms. The lowest BCUT2D eigenvalue weighted by atomic mass is 10.2. The number of hydrogen-bond acceptors (Lipinski definition) is 4. The molecule has 1 fully saturated rings. The SMILES string of the molecule is CN(C)CC1CCCN1C(=O)c1[nH]ncc1N. The number of anilines is 1. The number of aromatic amines is 1. The van der Waals surface area contributed by atoms with Crippen molar-refractivity contribution >= 4 is 11.6 Å². The van der Waals surface area contributed by atoms with Gasteiger partial charge in [-0.3, -0.25) is 9.89 Å². The van der Waals surface area contributed by atoms with Crippen LogP contribution >= 0.6 is 0 Å². The average Bonchev–Trinajstić information content (AvgIpc) is 2.85. The maximum absolute atomic E-state index is 12.3. The number of likely N-dealkylation sites (tertiary alicyclic amines) is 1. The van der Waals surface area contributed by atoms with Gasteiger partial charge in [0, 0.05) is 19.1 Å². The Hall–Kier alpha value is -1.56. The van der Waals surface area contributed by atoms with E-state index < -0.39 is 0 Å². The second-order valence-corrected chi connectivity index (χ2v) is 4.76. The number of likely N-dealkylation sites (N-methyl/N-ethyl adjacent to an activating group) is 1. The van der Waals surface area contributed by atoms with Crippen molar-refractivity contribution in [1.82, 2.24) is 20.0 Å². The largest absolute Gasteiger partial charge is 0.396 e. The summed E-state index contributed by atoms with van der Waals surface area (Å²) in [5, 5.41) is 6.47. The van der Waals surface area contributed by atoms with Gasteiger partial charge in [-0.2, -0.15) is 5.10 Å². The number of nitrogens with two attached hydrogens (primary N) is 1. The topological polar surface area (TPSA) is 78.2 Å². The third-order valence-corrected chi connectivity index (χ3v) is 3.10. The Kier molecular flexibility index (Phi) is 3.33. The number of nitrogens with zero attached hydrogens (tertiary/aromatic N) is 3. The molecule has 1 aromatic rings. The zero-order valence-electron chi connectivity index (χ0n) is 10.3. The van der Waals surface area contributed by atoms with E-state index in [2.05, 4.69) is 15.1 Å². The normalized spacial score (nSPS) is 20.2. The number of carbonyl (C=O) groups excluding carboxylic acids is 1. The molecule has 2 heterocycles. The third kappa shape index (κ3) is 2.41. The van der Waals surface area contributed by atoms with Gasteiger partial charge in [-0.05, 0) is 26.9 Å². The molecule has 0 aromatic carbocycles. The number of rotatable bonds is 3. The summed E-state index contributed by atoms with van der Waals surface area (Å²) in [5.74, 6) is -0.0376. The predicted molar refractivity (Wildman–Crippen MR) is 65.6 cm³/mol. The number of amides is 1. The summed E-state index contributed by atoms with van der Waals surface area (Å²) in [5.41, 5.74) is 6.54. The number of carbonyl (C=O) groups is 1. The molecule has 1 aromatic heterocycles. The van der Waals surface area contributed by atoms with E-state index in [0.717, 1.165) is 25.9 Å². The van der Waals surface area contributed by atoms with Crippen LogP contribution in [0, 0.1) is 0 Å². The summed E-state index contributed by atoms with van der Waals surface area (Å²) in [6.07, 6.45) is 3.58. The number of nitrogens with one attached hydrogen (secondary N) is 1. The van der Waals surface area contributed by atoms with Crippen molar-refractivity contribution in [1.29, 1.82) is 0 Å². The van der Waals surface area contributed by atoms with E-state index >= 15 is 0 Å². The van der Waals surface area contributed by atoms with Crippen molar-refractivity contribution in [2.75, 3.05) is 32.9 Å². The second kappa shape index (κ2) is 4.75. The Morgan fingerprint density at radius 3 is 3.06 bits per heavy atom. The number of H-pyrrole nitrogens is 1. The molecule has 1 saturated heterocycles. The van der Waals surface area contributed by atoms with Crippen molar-refractivity contribution in [3.8, 4) is 0 Å². The molecule has 1 amide bonds. The van der Waals surface area contributed by atoms with Crippen LogP contribution in [0.15, 0.2) is 6.20 Å². The number of nitrogen functional groups attached to an aromatic ring is 1. The van der Waals surface area contributed by atoms with Gasteiger partial charge in [0.2, 0.25) is 0 Å². The highest BCUT2D eigenvalue weighted by Crippen LogP contribution is 2.21. The summed E-state index contributed by atoms with van der Waals surface area (Å²) in [6.45, 7) is 1.69. The summed E-state index contributed by atoms with van der Waals surface area (Å²) in [7, 11) is 4.04. The number of aromatic nitrogens is 2. The molecule has 0 saturated carbocycles. The highest BCUT2D eigenvalue weighted by Gasteiger charge is 2.31. The van der Waals surface area contributed by atoms with Crippen LogP contribution < -0.4 is 5.73 Å². The zero-order chi connectivity index (χ0) is 12.4. The van der Waals surface area contributed by atoms with Crippen molar-refractivity contribution < 1.29 is 4.79 Å². The van der Waals surface area contributed by atoms with E-state index in [1.807, 2.05) is 19.0 Å².